The SMILES string of the molecule is CN(C)c1ccc(C(=O)c2ccccc2C(=O)NOCc2ccccc2)cc1[N+](=O)[O-]. The van der Waals surface area contributed by atoms with Crippen molar-refractivity contribution in [3.63, 3.8) is 0 Å². The van der Waals surface area contributed by atoms with Crippen LogP contribution < -0.4 is 10.4 Å². The molecule has 0 radical (unpaired) electrons. The summed E-state index contributed by atoms with van der Waals surface area (Å²) < 4.78 is 0. The number of ketones is 1. The molecule has 158 valence electrons. The van der Waals surface area contributed by atoms with Crippen molar-refractivity contribution in [3.05, 3.63) is 105 Å². The molecule has 8 heteroatoms. The van der Waals surface area contributed by atoms with E-state index in [1.807, 2.05) is 30.3 Å². The molecule has 0 bridgehead atoms. The summed E-state index contributed by atoms with van der Waals surface area (Å²) in [4.78, 5) is 43.4. The molecule has 0 saturated heterocycles. The highest BCUT2D eigenvalue weighted by Crippen LogP contribution is 2.29. The summed E-state index contributed by atoms with van der Waals surface area (Å²) in [6, 6.07) is 19.8. The van der Waals surface area contributed by atoms with Crippen molar-refractivity contribution in [2.45, 2.75) is 6.61 Å². The van der Waals surface area contributed by atoms with E-state index in [1.165, 1.54) is 30.3 Å². The number of nitrogens with zero attached hydrogens (tertiary/aromatic N) is 2. The molecule has 3 aromatic rings. The highest BCUT2D eigenvalue weighted by atomic mass is 16.7. The lowest BCUT2D eigenvalue weighted by molar-refractivity contribution is -0.384. The van der Waals surface area contributed by atoms with E-state index in [9.17, 15) is 19.7 Å². The highest BCUT2D eigenvalue weighted by Gasteiger charge is 2.22. The number of hydroxylamine groups is 1. The van der Waals surface area contributed by atoms with Crippen LogP contribution in [0.2, 0.25) is 0 Å². The molecule has 0 unspecified atom stereocenters. The Bertz CT molecular complexity index is 1110. The summed E-state index contributed by atoms with van der Waals surface area (Å²) in [5, 5.41) is 11.4. The Hall–Kier alpha value is -4.04. The van der Waals surface area contributed by atoms with Crippen LogP contribution in [0.5, 0.6) is 0 Å². The van der Waals surface area contributed by atoms with E-state index in [2.05, 4.69) is 5.48 Å². The Balaban J connectivity index is 1.82. The number of nitrogens with one attached hydrogen (secondary N) is 1. The second-order valence-electron chi connectivity index (χ2n) is 6.94. The molecule has 0 saturated carbocycles. The van der Waals surface area contributed by atoms with Gasteiger partial charge in [0.15, 0.2) is 5.78 Å². The fourth-order valence-electron chi connectivity index (χ4n) is 3.04. The Morgan fingerprint density at radius 2 is 1.61 bits per heavy atom. The van der Waals surface area contributed by atoms with Gasteiger partial charge in [-0.05, 0) is 23.8 Å². The quantitative estimate of drug-likeness (QED) is 0.339. The summed E-state index contributed by atoms with van der Waals surface area (Å²) in [6.07, 6.45) is 0. The standard InChI is InChI=1S/C23H21N3O5/c1-25(2)20-13-12-17(14-21(20)26(29)30)22(27)18-10-6-7-11-19(18)23(28)24-31-15-16-8-4-3-5-9-16/h3-14H,15H2,1-2H3,(H,24,28). The molecule has 1 amide bonds. The van der Waals surface area contributed by atoms with E-state index < -0.39 is 16.6 Å². The number of nitro benzene ring substituents is 1. The van der Waals surface area contributed by atoms with Gasteiger partial charge in [0.05, 0.1) is 17.1 Å². The van der Waals surface area contributed by atoms with Crippen LogP contribution in [0.3, 0.4) is 0 Å². The van der Waals surface area contributed by atoms with Gasteiger partial charge in [-0.1, -0.05) is 48.5 Å². The maximum atomic E-state index is 13.1. The van der Waals surface area contributed by atoms with Gasteiger partial charge in [-0.3, -0.25) is 24.5 Å². The molecule has 0 heterocycles. The van der Waals surface area contributed by atoms with Crippen molar-refractivity contribution in [2.75, 3.05) is 19.0 Å². The van der Waals surface area contributed by atoms with E-state index in [4.69, 9.17) is 4.84 Å². The van der Waals surface area contributed by atoms with Crippen molar-refractivity contribution in [1.82, 2.24) is 5.48 Å². The number of carbonyl (C=O) groups excluding carboxylic acids is 2. The third-order valence-electron chi connectivity index (χ3n) is 4.58. The van der Waals surface area contributed by atoms with Gasteiger partial charge in [0.25, 0.3) is 11.6 Å². The van der Waals surface area contributed by atoms with Gasteiger partial charge in [-0.25, -0.2) is 5.48 Å². The molecule has 3 aromatic carbocycles. The van der Waals surface area contributed by atoms with Gasteiger partial charge in [-0.15, -0.1) is 0 Å². The van der Waals surface area contributed by atoms with Gasteiger partial charge in [0.1, 0.15) is 5.69 Å². The van der Waals surface area contributed by atoms with Crippen molar-refractivity contribution in [3.8, 4) is 0 Å². The first kappa shape index (κ1) is 21.7. The largest absolute Gasteiger partial charge is 0.372 e. The minimum absolute atomic E-state index is 0.111. The number of benzene rings is 3. The zero-order chi connectivity index (χ0) is 22.4. The molecule has 31 heavy (non-hydrogen) atoms. The number of hydrogen-bond acceptors (Lipinski definition) is 6. The number of hydrogen-bond donors (Lipinski definition) is 1. The number of amides is 1. The zero-order valence-corrected chi connectivity index (χ0v) is 17.1. The summed E-state index contributed by atoms with van der Waals surface area (Å²) in [5.74, 6) is -1.08. The van der Waals surface area contributed by atoms with Gasteiger partial charge in [0.2, 0.25) is 0 Å². The molecule has 0 spiro atoms. The Morgan fingerprint density at radius 3 is 2.26 bits per heavy atom. The minimum atomic E-state index is -0.584. The van der Waals surface area contributed by atoms with E-state index in [0.29, 0.717) is 5.69 Å². The number of nitro groups is 1. The average Bonchev–Trinajstić information content (AvgIpc) is 2.78. The molecular weight excluding hydrogens is 398 g/mol. The van der Waals surface area contributed by atoms with Gasteiger partial charge in [0, 0.05) is 31.3 Å². The lowest BCUT2D eigenvalue weighted by Gasteiger charge is -2.14. The topological polar surface area (TPSA) is 102 Å². The zero-order valence-electron chi connectivity index (χ0n) is 17.1. The van der Waals surface area contributed by atoms with E-state index in [0.717, 1.165) is 5.56 Å². The normalized spacial score (nSPS) is 10.4. The van der Waals surface area contributed by atoms with Crippen LogP contribution in [-0.2, 0) is 11.4 Å². The Labute approximate surface area is 179 Å². The Kier molecular flexibility index (Phi) is 6.74. The van der Waals surface area contributed by atoms with Crippen LogP contribution in [0.25, 0.3) is 0 Å². The third kappa shape index (κ3) is 5.12. The molecule has 0 aliphatic carbocycles. The van der Waals surface area contributed by atoms with Crippen LogP contribution in [0, 0.1) is 10.1 Å². The summed E-state index contributed by atoms with van der Waals surface area (Å²) >= 11 is 0. The molecule has 0 aliphatic rings. The predicted octanol–water partition coefficient (Wildman–Crippen LogP) is 3.75. The fraction of sp³-hybridized carbons (Fsp3) is 0.130. The number of rotatable bonds is 8. The van der Waals surface area contributed by atoms with Crippen molar-refractivity contribution in [1.29, 1.82) is 0 Å². The number of anilines is 1. The smallest absolute Gasteiger partial charge is 0.293 e. The van der Waals surface area contributed by atoms with E-state index >= 15 is 0 Å². The molecule has 1 N–H and O–H groups in total. The monoisotopic (exact) mass is 419 g/mol. The lowest BCUT2D eigenvalue weighted by atomic mass is 9.97. The highest BCUT2D eigenvalue weighted by molar-refractivity contribution is 6.15. The van der Waals surface area contributed by atoms with Gasteiger partial charge in [-0.2, -0.15) is 0 Å². The first-order valence-corrected chi connectivity index (χ1v) is 9.44. The number of carbonyl (C=O) groups is 2. The Morgan fingerprint density at radius 1 is 0.968 bits per heavy atom. The van der Waals surface area contributed by atoms with E-state index in [1.54, 1.807) is 31.1 Å². The van der Waals surface area contributed by atoms with Crippen LogP contribution in [0.4, 0.5) is 11.4 Å². The van der Waals surface area contributed by atoms with Gasteiger partial charge >= 0.3 is 0 Å². The maximum Gasteiger partial charge on any atom is 0.293 e. The first-order chi connectivity index (χ1) is 14.9. The molecule has 0 fully saturated rings. The summed E-state index contributed by atoms with van der Waals surface area (Å²) in [6.45, 7) is 0.168. The lowest BCUT2D eigenvalue weighted by Crippen LogP contribution is -2.25. The molecule has 0 aromatic heterocycles. The summed E-state index contributed by atoms with van der Waals surface area (Å²) in [7, 11) is 3.36. The second kappa shape index (κ2) is 9.64. The predicted molar refractivity (Wildman–Crippen MR) is 116 cm³/mol. The first-order valence-electron chi connectivity index (χ1n) is 9.44. The summed E-state index contributed by atoms with van der Waals surface area (Å²) in [5.41, 5.74) is 3.75. The average molecular weight is 419 g/mol. The van der Waals surface area contributed by atoms with Crippen molar-refractivity contribution < 1.29 is 19.3 Å². The molecule has 3 rings (SSSR count). The molecule has 8 nitrogen and oxygen atoms in total. The van der Waals surface area contributed by atoms with E-state index in [-0.39, 0.29) is 29.0 Å². The minimum Gasteiger partial charge on any atom is -0.372 e. The van der Waals surface area contributed by atoms with Crippen LogP contribution in [-0.4, -0.2) is 30.7 Å². The molecular formula is C23H21N3O5. The van der Waals surface area contributed by atoms with Crippen molar-refractivity contribution in [2.24, 2.45) is 0 Å². The second-order valence-corrected chi connectivity index (χ2v) is 6.94. The molecule has 0 aliphatic heterocycles. The third-order valence-corrected chi connectivity index (χ3v) is 4.58. The maximum absolute atomic E-state index is 13.1. The van der Waals surface area contributed by atoms with Crippen molar-refractivity contribution >= 4 is 23.1 Å². The fourth-order valence-corrected chi connectivity index (χ4v) is 3.04. The van der Waals surface area contributed by atoms with Crippen LogP contribution in [0.1, 0.15) is 31.8 Å². The van der Waals surface area contributed by atoms with Crippen LogP contribution in [0.15, 0.2) is 72.8 Å². The molecule has 0 atom stereocenters. The van der Waals surface area contributed by atoms with Gasteiger partial charge < -0.3 is 4.90 Å². The van der Waals surface area contributed by atoms with Crippen LogP contribution >= 0.6 is 0 Å².